The SMILES string of the molecule is C=CCOc1ccc(C(=O)Oc2ccc(C3CCC(CCCCC)CC3)cc2)cc1. The highest BCUT2D eigenvalue weighted by Crippen LogP contribution is 2.38. The van der Waals surface area contributed by atoms with Crippen molar-refractivity contribution in [1.29, 1.82) is 0 Å². The Morgan fingerprint density at radius 2 is 1.63 bits per heavy atom. The van der Waals surface area contributed by atoms with E-state index in [1.165, 1.54) is 56.9 Å². The molecule has 160 valence electrons. The molecule has 0 radical (unpaired) electrons. The maximum atomic E-state index is 12.4. The highest BCUT2D eigenvalue weighted by molar-refractivity contribution is 5.91. The third-order valence-corrected chi connectivity index (χ3v) is 6.08. The molecular formula is C27H34O3. The summed E-state index contributed by atoms with van der Waals surface area (Å²) >= 11 is 0. The highest BCUT2D eigenvalue weighted by atomic mass is 16.5. The molecule has 3 rings (SSSR count). The van der Waals surface area contributed by atoms with Crippen molar-refractivity contribution in [3.63, 3.8) is 0 Å². The second-order valence-electron chi connectivity index (χ2n) is 8.30. The first-order valence-corrected chi connectivity index (χ1v) is 11.4. The normalized spacial score (nSPS) is 18.6. The van der Waals surface area contributed by atoms with E-state index in [9.17, 15) is 4.79 Å². The number of hydrogen-bond acceptors (Lipinski definition) is 3. The molecule has 3 nitrogen and oxygen atoms in total. The van der Waals surface area contributed by atoms with Crippen molar-refractivity contribution in [2.45, 2.75) is 64.2 Å². The molecule has 1 aliphatic carbocycles. The summed E-state index contributed by atoms with van der Waals surface area (Å²) in [5.74, 6) is 2.49. The zero-order chi connectivity index (χ0) is 21.2. The van der Waals surface area contributed by atoms with E-state index in [0.717, 1.165) is 5.92 Å². The van der Waals surface area contributed by atoms with Gasteiger partial charge in [0.05, 0.1) is 5.56 Å². The topological polar surface area (TPSA) is 35.5 Å². The van der Waals surface area contributed by atoms with Crippen molar-refractivity contribution in [1.82, 2.24) is 0 Å². The van der Waals surface area contributed by atoms with Crippen LogP contribution in [0.3, 0.4) is 0 Å². The Hall–Kier alpha value is -2.55. The molecule has 0 aliphatic heterocycles. The van der Waals surface area contributed by atoms with Crippen LogP contribution >= 0.6 is 0 Å². The molecule has 0 saturated heterocycles. The largest absolute Gasteiger partial charge is 0.490 e. The molecule has 0 N–H and O–H groups in total. The standard InChI is InChI=1S/C27H34O3/c1-3-5-6-7-21-8-10-22(11-9-21)23-12-18-26(19-13-23)30-27(28)24-14-16-25(17-15-24)29-20-4-2/h4,12-19,21-22H,2-3,5-11,20H2,1H3. The quantitative estimate of drug-likeness (QED) is 0.179. The number of carbonyl (C=O) groups is 1. The Kier molecular flexibility index (Phi) is 8.55. The molecule has 3 heteroatoms. The summed E-state index contributed by atoms with van der Waals surface area (Å²) in [6, 6.07) is 15.0. The lowest BCUT2D eigenvalue weighted by atomic mass is 9.77. The first kappa shape index (κ1) is 22.1. The molecule has 0 bridgehead atoms. The van der Waals surface area contributed by atoms with Gasteiger partial charge < -0.3 is 9.47 Å². The molecule has 1 aliphatic rings. The van der Waals surface area contributed by atoms with E-state index in [4.69, 9.17) is 9.47 Å². The van der Waals surface area contributed by atoms with E-state index >= 15 is 0 Å². The van der Waals surface area contributed by atoms with E-state index in [0.29, 0.717) is 29.6 Å². The molecule has 30 heavy (non-hydrogen) atoms. The Bertz CT molecular complexity index is 784. The number of unbranched alkanes of at least 4 members (excludes halogenated alkanes) is 2. The van der Waals surface area contributed by atoms with Crippen LogP contribution in [0.4, 0.5) is 0 Å². The number of esters is 1. The summed E-state index contributed by atoms with van der Waals surface area (Å²) < 4.78 is 11.0. The van der Waals surface area contributed by atoms with Crippen LogP contribution in [0.25, 0.3) is 0 Å². The van der Waals surface area contributed by atoms with E-state index < -0.39 is 0 Å². The number of hydrogen-bond donors (Lipinski definition) is 0. The fourth-order valence-electron chi connectivity index (χ4n) is 4.28. The summed E-state index contributed by atoms with van der Waals surface area (Å²) in [7, 11) is 0. The summed E-state index contributed by atoms with van der Waals surface area (Å²) in [5, 5.41) is 0. The molecule has 0 unspecified atom stereocenters. The number of rotatable bonds is 10. The van der Waals surface area contributed by atoms with E-state index in [1.54, 1.807) is 30.3 Å². The van der Waals surface area contributed by atoms with Crippen molar-refractivity contribution in [3.8, 4) is 11.5 Å². The van der Waals surface area contributed by atoms with Crippen LogP contribution in [0.15, 0.2) is 61.2 Å². The van der Waals surface area contributed by atoms with Crippen molar-refractivity contribution in [2.24, 2.45) is 5.92 Å². The van der Waals surface area contributed by atoms with Gasteiger partial charge in [0.2, 0.25) is 0 Å². The first-order valence-electron chi connectivity index (χ1n) is 11.4. The molecule has 0 spiro atoms. The average molecular weight is 407 g/mol. The Morgan fingerprint density at radius 3 is 2.27 bits per heavy atom. The molecule has 1 fully saturated rings. The fourth-order valence-corrected chi connectivity index (χ4v) is 4.28. The highest BCUT2D eigenvalue weighted by Gasteiger charge is 2.22. The van der Waals surface area contributed by atoms with E-state index in [1.807, 2.05) is 12.1 Å². The minimum Gasteiger partial charge on any atom is -0.490 e. The maximum absolute atomic E-state index is 12.4. The van der Waals surface area contributed by atoms with Crippen LogP contribution in [-0.4, -0.2) is 12.6 Å². The molecule has 1 saturated carbocycles. The van der Waals surface area contributed by atoms with Gasteiger partial charge in [-0.1, -0.05) is 57.4 Å². The van der Waals surface area contributed by atoms with Crippen molar-refractivity contribution >= 4 is 5.97 Å². The third-order valence-electron chi connectivity index (χ3n) is 6.08. The number of ether oxygens (including phenoxy) is 2. The zero-order valence-electron chi connectivity index (χ0n) is 18.1. The average Bonchev–Trinajstić information content (AvgIpc) is 2.79. The zero-order valence-corrected chi connectivity index (χ0v) is 18.1. The van der Waals surface area contributed by atoms with E-state index in [2.05, 4.69) is 25.6 Å². The van der Waals surface area contributed by atoms with Crippen LogP contribution in [0.1, 0.15) is 80.1 Å². The smallest absolute Gasteiger partial charge is 0.343 e. The lowest BCUT2D eigenvalue weighted by Gasteiger charge is -2.29. The molecular weight excluding hydrogens is 372 g/mol. The summed E-state index contributed by atoms with van der Waals surface area (Å²) in [5.41, 5.74) is 1.87. The van der Waals surface area contributed by atoms with Crippen molar-refractivity contribution in [2.75, 3.05) is 6.61 Å². The Balaban J connectivity index is 1.48. The summed E-state index contributed by atoms with van der Waals surface area (Å²) in [6.45, 7) is 6.33. The van der Waals surface area contributed by atoms with Gasteiger partial charge in [-0.15, -0.1) is 0 Å². The minimum atomic E-state index is -0.356. The monoisotopic (exact) mass is 406 g/mol. The van der Waals surface area contributed by atoms with Gasteiger partial charge in [-0.05, 0) is 79.5 Å². The summed E-state index contributed by atoms with van der Waals surface area (Å²) in [6.07, 6.45) is 12.4. The Labute approximate surface area is 181 Å². The van der Waals surface area contributed by atoms with Gasteiger partial charge in [-0.3, -0.25) is 0 Å². The van der Waals surface area contributed by atoms with E-state index in [-0.39, 0.29) is 5.97 Å². The molecule has 0 aromatic heterocycles. The minimum absolute atomic E-state index is 0.356. The Morgan fingerprint density at radius 1 is 0.967 bits per heavy atom. The molecule has 2 aromatic carbocycles. The van der Waals surface area contributed by atoms with Crippen LogP contribution in [0, 0.1) is 5.92 Å². The lowest BCUT2D eigenvalue weighted by molar-refractivity contribution is 0.0734. The molecule has 0 heterocycles. The first-order chi connectivity index (χ1) is 14.7. The van der Waals surface area contributed by atoms with Gasteiger partial charge >= 0.3 is 5.97 Å². The number of carbonyl (C=O) groups excluding carboxylic acids is 1. The van der Waals surface area contributed by atoms with Gasteiger partial charge in [0, 0.05) is 0 Å². The van der Waals surface area contributed by atoms with Crippen molar-refractivity contribution < 1.29 is 14.3 Å². The van der Waals surface area contributed by atoms with Crippen LogP contribution < -0.4 is 9.47 Å². The predicted octanol–water partition coefficient (Wildman–Crippen LogP) is 7.32. The van der Waals surface area contributed by atoms with Crippen molar-refractivity contribution in [3.05, 3.63) is 72.3 Å². The second-order valence-corrected chi connectivity index (χ2v) is 8.30. The van der Waals surface area contributed by atoms with Gasteiger partial charge in [0.15, 0.2) is 0 Å². The molecule has 2 aromatic rings. The van der Waals surface area contributed by atoms with Gasteiger partial charge in [-0.25, -0.2) is 4.79 Å². The summed E-state index contributed by atoms with van der Waals surface area (Å²) in [4.78, 5) is 12.4. The van der Waals surface area contributed by atoms with Gasteiger partial charge in [0.25, 0.3) is 0 Å². The fraction of sp³-hybridized carbons (Fsp3) is 0.444. The van der Waals surface area contributed by atoms with Crippen LogP contribution in [-0.2, 0) is 0 Å². The molecule has 0 amide bonds. The lowest BCUT2D eigenvalue weighted by Crippen LogP contribution is -2.13. The second kappa shape index (κ2) is 11.6. The van der Waals surface area contributed by atoms with Crippen LogP contribution in [0.5, 0.6) is 11.5 Å². The predicted molar refractivity (Wildman–Crippen MR) is 122 cm³/mol. The van der Waals surface area contributed by atoms with Gasteiger partial charge in [-0.2, -0.15) is 0 Å². The number of benzene rings is 2. The maximum Gasteiger partial charge on any atom is 0.343 e. The molecule has 0 atom stereocenters. The third kappa shape index (κ3) is 6.48. The van der Waals surface area contributed by atoms with Crippen LogP contribution in [0.2, 0.25) is 0 Å². The van der Waals surface area contributed by atoms with Gasteiger partial charge in [0.1, 0.15) is 18.1 Å².